The molecule has 0 fully saturated rings. The van der Waals surface area contributed by atoms with Crippen LogP contribution in [0.5, 0.6) is 0 Å². The molecule has 0 amide bonds. The lowest BCUT2D eigenvalue weighted by Crippen LogP contribution is -2.22. The second-order valence-electron chi connectivity index (χ2n) is 2.71. The van der Waals surface area contributed by atoms with E-state index in [2.05, 4.69) is 12.2 Å². The molecule has 0 radical (unpaired) electrons. The lowest BCUT2D eigenvalue weighted by atomic mass is 10.1. The van der Waals surface area contributed by atoms with E-state index in [0.717, 1.165) is 0 Å². The third kappa shape index (κ3) is 2.73. The van der Waals surface area contributed by atoms with Crippen molar-refractivity contribution < 1.29 is 8.78 Å². The Balaban J connectivity index is 2.87. The third-order valence-corrected chi connectivity index (χ3v) is 1.74. The number of hydrogen-bond donors (Lipinski definition) is 1. The van der Waals surface area contributed by atoms with E-state index in [-0.39, 0.29) is 10.6 Å². The predicted molar refractivity (Wildman–Crippen MR) is 51.7 cm³/mol. The molecule has 0 spiro atoms. The number of nitrogens with two attached hydrogens (primary N) is 1. The molecule has 70 valence electrons. The molecule has 1 nitrogen and oxygen atoms in total. The summed E-state index contributed by atoms with van der Waals surface area (Å²) in [4.78, 5) is -0.172. The molecule has 0 aromatic heterocycles. The molecule has 4 heteroatoms. The zero-order valence-corrected chi connectivity index (χ0v) is 7.65. The topological polar surface area (TPSA) is 26.0 Å². The van der Waals surface area contributed by atoms with E-state index >= 15 is 0 Å². The van der Waals surface area contributed by atoms with Gasteiger partial charge in [-0.15, -0.1) is 0 Å². The Morgan fingerprint density at radius 2 is 1.85 bits per heavy atom. The molecule has 0 aliphatic heterocycles. The first kappa shape index (κ1) is 10.1. The van der Waals surface area contributed by atoms with E-state index in [9.17, 15) is 8.78 Å². The molecule has 0 aliphatic carbocycles. The first-order valence-electron chi connectivity index (χ1n) is 3.74. The highest BCUT2D eigenvalue weighted by molar-refractivity contribution is 7.80. The van der Waals surface area contributed by atoms with Gasteiger partial charge in [0.25, 0.3) is 5.92 Å². The standard InChI is InChI=1S/C9H9F2NS/c10-9(11,6-8(12)13)7-4-2-1-3-5-7/h1-5H,6H2,(H2,12,13). The summed E-state index contributed by atoms with van der Waals surface area (Å²) < 4.78 is 26.5. The zero-order chi connectivity index (χ0) is 9.90. The van der Waals surface area contributed by atoms with Gasteiger partial charge in [-0.05, 0) is 0 Å². The first-order chi connectivity index (χ1) is 6.02. The minimum atomic E-state index is -2.95. The average molecular weight is 201 g/mol. The predicted octanol–water partition coefficient (Wildman–Crippen LogP) is 2.45. The van der Waals surface area contributed by atoms with Crippen molar-refractivity contribution in [3.8, 4) is 0 Å². The molecular formula is C9H9F2NS. The van der Waals surface area contributed by atoms with Crippen molar-refractivity contribution in [1.82, 2.24) is 0 Å². The Bertz CT molecular complexity index is 298. The van der Waals surface area contributed by atoms with Gasteiger partial charge < -0.3 is 5.73 Å². The van der Waals surface area contributed by atoms with Gasteiger partial charge in [0.15, 0.2) is 0 Å². The maximum Gasteiger partial charge on any atom is 0.279 e. The van der Waals surface area contributed by atoms with Gasteiger partial charge in [-0.2, -0.15) is 0 Å². The molecule has 0 unspecified atom stereocenters. The molecule has 0 saturated heterocycles. The molecule has 2 N–H and O–H groups in total. The van der Waals surface area contributed by atoms with Crippen molar-refractivity contribution >= 4 is 17.2 Å². The third-order valence-electron chi connectivity index (χ3n) is 1.59. The minimum absolute atomic E-state index is 0.0530. The fourth-order valence-corrected chi connectivity index (χ4v) is 1.18. The summed E-state index contributed by atoms with van der Waals surface area (Å²) in [5, 5.41) is 0. The van der Waals surface area contributed by atoms with E-state index in [0.29, 0.717) is 0 Å². The summed E-state index contributed by atoms with van der Waals surface area (Å²) in [5.74, 6) is -2.95. The summed E-state index contributed by atoms with van der Waals surface area (Å²) >= 11 is 4.44. The van der Waals surface area contributed by atoms with Crippen LogP contribution in [0.4, 0.5) is 8.78 Å². The van der Waals surface area contributed by atoms with Crippen LogP contribution in [0.25, 0.3) is 0 Å². The van der Waals surface area contributed by atoms with Gasteiger partial charge in [0.1, 0.15) is 0 Å². The minimum Gasteiger partial charge on any atom is -0.393 e. The molecule has 0 atom stereocenters. The largest absolute Gasteiger partial charge is 0.393 e. The van der Waals surface area contributed by atoms with Gasteiger partial charge in [0, 0.05) is 5.56 Å². The van der Waals surface area contributed by atoms with Crippen LogP contribution in [0.2, 0.25) is 0 Å². The van der Waals surface area contributed by atoms with Crippen molar-refractivity contribution in [2.24, 2.45) is 5.73 Å². The van der Waals surface area contributed by atoms with E-state index in [1.165, 1.54) is 12.1 Å². The first-order valence-corrected chi connectivity index (χ1v) is 4.15. The van der Waals surface area contributed by atoms with Crippen LogP contribution in [-0.4, -0.2) is 4.99 Å². The lowest BCUT2D eigenvalue weighted by Gasteiger charge is -2.15. The van der Waals surface area contributed by atoms with Crippen LogP contribution < -0.4 is 5.73 Å². The summed E-state index contributed by atoms with van der Waals surface area (Å²) in [5.41, 5.74) is 5.01. The monoisotopic (exact) mass is 201 g/mol. The van der Waals surface area contributed by atoms with Crippen LogP contribution in [0.15, 0.2) is 30.3 Å². The van der Waals surface area contributed by atoms with Gasteiger partial charge in [-0.3, -0.25) is 0 Å². The second-order valence-corrected chi connectivity index (χ2v) is 3.24. The average Bonchev–Trinajstić information content (AvgIpc) is 2.04. The fraction of sp³-hybridized carbons (Fsp3) is 0.222. The molecule has 1 aromatic carbocycles. The summed E-state index contributed by atoms with van der Waals surface area (Å²) in [7, 11) is 0. The summed E-state index contributed by atoms with van der Waals surface area (Å²) in [6.07, 6.45) is -0.577. The van der Waals surface area contributed by atoms with E-state index in [4.69, 9.17) is 5.73 Å². The molecular weight excluding hydrogens is 192 g/mol. The maximum absolute atomic E-state index is 13.2. The van der Waals surface area contributed by atoms with Crippen LogP contribution in [-0.2, 0) is 5.92 Å². The molecule has 13 heavy (non-hydrogen) atoms. The molecule has 0 aliphatic rings. The Labute approximate surface area is 80.6 Å². The molecule has 0 bridgehead atoms. The molecule has 1 aromatic rings. The Hall–Kier alpha value is -1.03. The van der Waals surface area contributed by atoms with E-state index < -0.39 is 12.3 Å². The normalized spacial score (nSPS) is 11.2. The number of alkyl halides is 2. The fourth-order valence-electron chi connectivity index (χ4n) is 1.00. The molecule has 1 rings (SSSR count). The number of rotatable bonds is 3. The van der Waals surface area contributed by atoms with Gasteiger partial charge in [0.2, 0.25) is 0 Å². The van der Waals surface area contributed by atoms with Crippen LogP contribution in [0.1, 0.15) is 12.0 Å². The van der Waals surface area contributed by atoms with Gasteiger partial charge >= 0.3 is 0 Å². The van der Waals surface area contributed by atoms with Crippen molar-refractivity contribution in [2.45, 2.75) is 12.3 Å². The van der Waals surface area contributed by atoms with Crippen LogP contribution in [0.3, 0.4) is 0 Å². The number of hydrogen-bond acceptors (Lipinski definition) is 1. The molecule has 0 saturated carbocycles. The smallest absolute Gasteiger partial charge is 0.279 e. The number of thiocarbonyl (C=S) groups is 1. The quantitative estimate of drug-likeness (QED) is 0.760. The highest BCUT2D eigenvalue weighted by atomic mass is 32.1. The Kier molecular flexibility index (Phi) is 2.93. The summed E-state index contributed by atoms with van der Waals surface area (Å²) in [6.45, 7) is 0. The van der Waals surface area contributed by atoms with Crippen LogP contribution >= 0.6 is 12.2 Å². The number of benzene rings is 1. The van der Waals surface area contributed by atoms with Gasteiger partial charge in [0.05, 0.1) is 11.4 Å². The highest BCUT2D eigenvalue weighted by Crippen LogP contribution is 2.30. The van der Waals surface area contributed by atoms with Crippen molar-refractivity contribution in [3.63, 3.8) is 0 Å². The second kappa shape index (κ2) is 3.79. The maximum atomic E-state index is 13.2. The van der Waals surface area contributed by atoms with Crippen molar-refractivity contribution in [3.05, 3.63) is 35.9 Å². The van der Waals surface area contributed by atoms with Gasteiger partial charge in [-0.1, -0.05) is 42.5 Å². The van der Waals surface area contributed by atoms with Gasteiger partial charge in [-0.25, -0.2) is 8.78 Å². The van der Waals surface area contributed by atoms with E-state index in [1.54, 1.807) is 18.2 Å². The van der Waals surface area contributed by atoms with Crippen molar-refractivity contribution in [1.29, 1.82) is 0 Å². The zero-order valence-electron chi connectivity index (χ0n) is 6.84. The SMILES string of the molecule is NC(=S)CC(F)(F)c1ccccc1. The Morgan fingerprint density at radius 3 is 2.31 bits per heavy atom. The van der Waals surface area contributed by atoms with E-state index in [1.807, 2.05) is 0 Å². The molecule has 0 heterocycles. The summed E-state index contributed by atoms with van der Waals surface area (Å²) in [6, 6.07) is 7.52. The van der Waals surface area contributed by atoms with Crippen molar-refractivity contribution in [2.75, 3.05) is 0 Å². The number of halogens is 2. The Morgan fingerprint density at radius 1 is 1.31 bits per heavy atom. The highest BCUT2D eigenvalue weighted by Gasteiger charge is 2.31. The lowest BCUT2D eigenvalue weighted by molar-refractivity contribution is 0.00418. The van der Waals surface area contributed by atoms with Crippen LogP contribution in [0, 0.1) is 0 Å².